The van der Waals surface area contributed by atoms with E-state index in [-0.39, 0.29) is 5.91 Å². The number of Topliss-reactive ketones (excluding diaryl/α,β-unsaturated/α-hetero) is 1. The van der Waals surface area contributed by atoms with Gasteiger partial charge in [0.15, 0.2) is 0 Å². The first-order valence-electron chi connectivity index (χ1n) is 7.31. The number of hydrogen-bond acceptors (Lipinski definition) is 3. The molecule has 4 heteroatoms. The van der Waals surface area contributed by atoms with Crippen molar-refractivity contribution >= 4 is 11.7 Å². The van der Waals surface area contributed by atoms with Crippen molar-refractivity contribution in [2.45, 2.75) is 25.8 Å². The second-order valence-electron chi connectivity index (χ2n) is 5.65. The van der Waals surface area contributed by atoms with Gasteiger partial charge >= 0.3 is 0 Å². The number of amides is 1. The molecule has 1 saturated heterocycles. The molecule has 0 aliphatic carbocycles. The molecule has 0 bridgehead atoms. The summed E-state index contributed by atoms with van der Waals surface area (Å²) in [5.41, 5.74) is 2.63. The maximum absolute atomic E-state index is 12.4. The van der Waals surface area contributed by atoms with E-state index in [0.717, 1.165) is 32.6 Å². The molecule has 4 nitrogen and oxygen atoms in total. The van der Waals surface area contributed by atoms with Gasteiger partial charge in [-0.1, -0.05) is 24.3 Å². The van der Waals surface area contributed by atoms with Crippen LogP contribution in [0.15, 0.2) is 24.3 Å². The van der Waals surface area contributed by atoms with E-state index in [4.69, 9.17) is 0 Å². The van der Waals surface area contributed by atoms with Gasteiger partial charge in [0.05, 0.1) is 6.54 Å². The summed E-state index contributed by atoms with van der Waals surface area (Å²) in [5, 5.41) is 0. The fraction of sp³-hybridized carbons (Fsp3) is 0.500. The minimum atomic E-state index is 0.189. The van der Waals surface area contributed by atoms with Crippen LogP contribution in [0.4, 0.5) is 0 Å². The molecule has 106 valence electrons. The largest absolute Gasteiger partial charge is 0.337 e. The summed E-state index contributed by atoms with van der Waals surface area (Å²) in [4.78, 5) is 27.6. The zero-order valence-corrected chi connectivity index (χ0v) is 11.7. The summed E-state index contributed by atoms with van der Waals surface area (Å²) < 4.78 is 0. The van der Waals surface area contributed by atoms with E-state index >= 15 is 0 Å². The molecule has 0 saturated carbocycles. The number of fused-ring (bicyclic) bond motifs is 1. The third-order valence-corrected chi connectivity index (χ3v) is 4.26. The highest BCUT2D eigenvalue weighted by atomic mass is 16.2. The van der Waals surface area contributed by atoms with Gasteiger partial charge in [-0.05, 0) is 17.5 Å². The van der Waals surface area contributed by atoms with E-state index in [2.05, 4.69) is 23.1 Å². The van der Waals surface area contributed by atoms with Crippen LogP contribution in [0.5, 0.6) is 0 Å². The molecule has 3 rings (SSSR count). The quantitative estimate of drug-likeness (QED) is 0.813. The van der Waals surface area contributed by atoms with Gasteiger partial charge in [0, 0.05) is 39.0 Å². The Bertz CT molecular complexity index is 517. The van der Waals surface area contributed by atoms with Gasteiger partial charge in [0.1, 0.15) is 5.78 Å². The number of benzene rings is 1. The smallest absolute Gasteiger partial charge is 0.237 e. The Morgan fingerprint density at radius 1 is 1.00 bits per heavy atom. The van der Waals surface area contributed by atoms with Gasteiger partial charge < -0.3 is 4.90 Å². The van der Waals surface area contributed by atoms with Crippen molar-refractivity contribution in [1.82, 2.24) is 9.80 Å². The van der Waals surface area contributed by atoms with E-state index in [1.54, 1.807) is 0 Å². The maximum atomic E-state index is 12.4. The Labute approximate surface area is 119 Å². The lowest BCUT2D eigenvalue weighted by Crippen LogP contribution is -2.45. The summed E-state index contributed by atoms with van der Waals surface area (Å²) in [5.74, 6) is 0.509. The number of carbonyl (C=O) groups excluding carboxylic acids is 2. The van der Waals surface area contributed by atoms with E-state index in [1.165, 1.54) is 11.1 Å². The van der Waals surface area contributed by atoms with Crippen molar-refractivity contribution in [3.63, 3.8) is 0 Å². The average molecular weight is 272 g/mol. The molecule has 2 heterocycles. The number of piperidine rings is 1. The third-order valence-electron chi connectivity index (χ3n) is 4.26. The number of carbonyl (C=O) groups is 2. The Morgan fingerprint density at radius 2 is 1.70 bits per heavy atom. The fourth-order valence-corrected chi connectivity index (χ4v) is 2.96. The van der Waals surface area contributed by atoms with E-state index in [1.807, 2.05) is 11.0 Å². The van der Waals surface area contributed by atoms with Crippen LogP contribution < -0.4 is 0 Å². The van der Waals surface area contributed by atoms with Crippen molar-refractivity contribution in [2.75, 3.05) is 26.2 Å². The minimum absolute atomic E-state index is 0.189. The molecule has 0 unspecified atom stereocenters. The predicted octanol–water partition coefficient (Wildman–Crippen LogP) is 1.24. The van der Waals surface area contributed by atoms with Crippen molar-refractivity contribution in [3.05, 3.63) is 35.4 Å². The Morgan fingerprint density at radius 3 is 2.45 bits per heavy atom. The first-order chi connectivity index (χ1) is 9.72. The van der Waals surface area contributed by atoms with E-state index < -0.39 is 0 Å². The van der Waals surface area contributed by atoms with Crippen LogP contribution in [0.1, 0.15) is 24.0 Å². The zero-order chi connectivity index (χ0) is 13.9. The van der Waals surface area contributed by atoms with Crippen LogP contribution in [0.2, 0.25) is 0 Å². The van der Waals surface area contributed by atoms with Crippen LogP contribution in [0.3, 0.4) is 0 Å². The Kier molecular flexibility index (Phi) is 3.83. The topological polar surface area (TPSA) is 40.6 Å². The lowest BCUT2D eigenvalue weighted by molar-refractivity contribution is -0.134. The van der Waals surface area contributed by atoms with E-state index in [0.29, 0.717) is 25.2 Å². The molecule has 20 heavy (non-hydrogen) atoms. The fourth-order valence-electron chi connectivity index (χ4n) is 2.96. The SMILES string of the molecule is O=C1CCN(CC(=O)N2CCc3ccccc3C2)CC1. The number of hydrogen-bond donors (Lipinski definition) is 0. The molecule has 0 atom stereocenters. The Hall–Kier alpha value is -1.68. The van der Waals surface area contributed by atoms with Crippen molar-refractivity contribution < 1.29 is 9.59 Å². The molecule has 1 fully saturated rings. The summed E-state index contributed by atoms with van der Waals surface area (Å²) in [6.45, 7) is 3.45. The summed E-state index contributed by atoms with van der Waals surface area (Å²) in [6.07, 6.45) is 2.13. The van der Waals surface area contributed by atoms with Gasteiger partial charge in [0.2, 0.25) is 5.91 Å². The average Bonchev–Trinajstić information content (AvgIpc) is 2.49. The van der Waals surface area contributed by atoms with E-state index in [9.17, 15) is 9.59 Å². The maximum Gasteiger partial charge on any atom is 0.237 e. The molecule has 1 amide bonds. The minimum Gasteiger partial charge on any atom is -0.337 e. The zero-order valence-electron chi connectivity index (χ0n) is 11.7. The predicted molar refractivity (Wildman–Crippen MR) is 76.2 cm³/mol. The molecule has 1 aromatic rings. The molecular weight excluding hydrogens is 252 g/mol. The van der Waals surface area contributed by atoms with Gasteiger partial charge in [-0.2, -0.15) is 0 Å². The monoisotopic (exact) mass is 272 g/mol. The lowest BCUT2D eigenvalue weighted by atomic mass is 10.00. The molecule has 2 aliphatic rings. The van der Waals surface area contributed by atoms with Gasteiger partial charge in [-0.3, -0.25) is 14.5 Å². The summed E-state index contributed by atoms with van der Waals surface area (Å²) in [6, 6.07) is 8.34. The normalized spacial score (nSPS) is 19.8. The van der Waals surface area contributed by atoms with Crippen LogP contribution in [0.25, 0.3) is 0 Å². The van der Waals surface area contributed by atoms with Crippen LogP contribution >= 0.6 is 0 Å². The highest BCUT2D eigenvalue weighted by Crippen LogP contribution is 2.18. The molecule has 0 spiro atoms. The van der Waals surface area contributed by atoms with Gasteiger partial charge in [-0.15, -0.1) is 0 Å². The molecular formula is C16H20N2O2. The number of nitrogens with zero attached hydrogens (tertiary/aromatic N) is 2. The van der Waals surface area contributed by atoms with Crippen LogP contribution in [0, 0.1) is 0 Å². The van der Waals surface area contributed by atoms with Crippen LogP contribution in [-0.2, 0) is 22.6 Å². The third kappa shape index (κ3) is 2.90. The number of ketones is 1. The van der Waals surface area contributed by atoms with Crippen molar-refractivity contribution in [1.29, 1.82) is 0 Å². The second kappa shape index (κ2) is 5.75. The molecule has 0 aromatic heterocycles. The second-order valence-corrected chi connectivity index (χ2v) is 5.65. The first kappa shape index (κ1) is 13.3. The standard InChI is InChI=1S/C16H20N2O2/c19-15-6-8-17(9-7-15)12-16(20)18-10-5-13-3-1-2-4-14(13)11-18/h1-4H,5-12H2. The summed E-state index contributed by atoms with van der Waals surface area (Å²) >= 11 is 0. The number of likely N-dealkylation sites (tertiary alicyclic amines) is 1. The van der Waals surface area contributed by atoms with Crippen molar-refractivity contribution in [2.24, 2.45) is 0 Å². The molecule has 1 aromatic carbocycles. The molecule has 0 N–H and O–H groups in total. The Balaban J connectivity index is 1.57. The lowest BCUT2D eigenvalue weighted by Gasteiger charge is -2.32. The first-order valence-corrected chi connectivity index (χ1v) is 7.31. The number of rotatable bonds is 2. The highest BCUT2D eigenvalue weighted by molar-refractivity contribution is 5.81. The van der Waals surface area contributed by atoms with Crippen molar-refractivity contribution in [3.8, 4) is 0 Å². The molecule has 2 aliphatic heterocycles. The highest BCUT2D eigenvalue weighted by Gasteiger charge is 2.24. The van der Waals surface area contributed by atoms with Gasteiger partial charge in [0.25, 0.3) is 0 Å². The molecule has 0 radical (unpaired) electrons. The van der Waals surface area contributed by atoms with Gasteiger partial charge in [-0.25, -0.2) is 0 Å². The van der Waals surface area contributed by atoms with Crippen LogP contribution in [-0.4, -0.2) is 47.7 Å². The summed E-state index contributed by atoms with van der Waals surface area (Å²) in [7, 11) is 0.